The van der Waals surface area contributed by atoms with Crippen LogP contribution >= 0.6 is 27.5 Å². The van der Waals surface area contributed by atoms with Crippen molar-refractivity contribution in [2.45, 2.75) is 0 Å². The first-order valence-corrected chi connectivity index (χ1v) is 7.62. The van der Waals surface area contributed by atoms with Gasteiger partial charge in [0.2, 0.25) is 0 Å². The molecule has 0 fully saturated rings. The molecule has 0 spiro atoms. The van der Waals surface area contributed by atoms with Gasteiger partial charge in [0.15, 0.2) is 5.82 Å². The molecule has 3 rings (SSSR count). The molecule has 0 bridgehead atoms. The number of rotatable bonds is 3. The van der Waals surface area contributed by atoms with Crippen molar-refractivity contribution in [3.63, 3.8) is 0 Å². The normalized spacial score (nSPS) is 10.6. The van der Waals surface area contributed by atoms with Crippen molar-refractivity contribution in [2.24, 2.45) is 0 Å². The molecule has 0 aliphatic carbocycles. The second kappa shape index (κ2) is 6.47. The number of nitrogens with one attached hydrogen (secondary N) is 1. The topological polar surface area (TPSA) is 59.8 Å². The van der Waals surface area contributed by atoms with Gasteiger partial charge in [-0.1, -0.05) is 27.5 Å². The van der Waals surface area contributed by atoms with E-state index in [-0.39, 0.29) is 5.69 Å². The fourth-order valence-electron chi connectivity index (χ4n) is 1.98. The zero-order valence-electron chi connectivity index (χ0n) is 11.5. The van der Waals surface area contributed by atoms with Crippen LogP contribution in [-0.2, 0) is 0 Å². The van der Waals surface area contributed by atoms with Gasteiger partial charge in [-0.25, -0.2) is 14.1 Å². The number of halogens is 3. The van der Waals surface area contributed by atoms with Crippen molar-refractivity contribution < 1.29 is 9.18 Å². The van der Waals surface area contributed by atoms with E-state index in [2.05, 4.69) is 31.3 Å². The van der Waals surface area contributed by atoms with Crippen molar-refractivity contribution in [2.75, 3.05) is 5.32 Å². The van der Waals surface area contributed by atoms with E-state index in [9.17, 15) is 9.18 Å². The third-order valence-electron chi connectivity index (χ3n) is 3.05. The van der Waals surface area contributed by atoms with E-state index < -0.39 is 11.7 Å². The number of aromatic nitrogens is 3. The van der Waals surface area contributed by atoms with Crippen LogP contribution in [-0.4, -0.2) is 20.7 Å². The highest BCUT2D eigenvalue weighted by atomic mass is 79.9. The zero-order valence-corrected chi connectivity index (χ0v) is 13.8. The van der Waals surface area contributed by atoms with Crippen molar-refractivity contribution in [1.29, 1.82) is 0 Å². The molecule has 0 aliphatic rings. The van der Waals surface area contributed by atoms with Gasteiger partial charge in [-0.3, -0.25) is 4.79 Å². The van der Waals surface area contributed by atoms with Gasteiger partial charge in [0, 0.05) is 10.2 Å². The Morgan fingerprint density at radius 3 is 2.74 bits per heavy atom. The Bertz CT molecular complexity index is 870. The molecule has 0 aliphatic heterocycles. The molecule has 3 aromatic rings. The van der Waals surface area contributed by atoms with E-state index in [1.807, 2.05) is 0 Å². The molecule has 2 aromatic carbocycles. The van der Waals surface area contributed by atoms with Crippen molar-refractivity contribution in [1.82, 2.24) is 14.8 Å². The van der Waals surface area contributed by atoms with Crippen LogP contribution in [0.4, 0.5) is 10.1 Å². The molecular weight excluding hydrogens is 387 g/mol. The number of carbonyl (C=O) groups excluding carboxylic acids is 1. The first-order chi connectivity index (χ1) is 11.0. The van der Waals surface area contributed by atoms with Crippen molar-refractivity contribution in [3.05, 3.63) is 69.9 Å². The number of carbonyl (C=O) groups is 1. The summed E-state index contributed by atoms with van der Waals surface area (Å²) in [4.78, 5) is 16.0. The molecule has 23 heavy (non-hydrogen) atoms. The summed E-state index contributed by atoms with van der Waals surface area (Å²) < 4.78 is 16.2. The van der Waals surface area contributed by atoms with Gasteiger partial charge in [-0.05, 0) is 36.4 Å². The van der Waals surface area contributed by atoms with Gasteiger partial charge in [0.25, 0.3) is 5.91 Å². The van der Waals surface area contributed by atoms with E-state index in [1.54, 1.807) is 24.3 Å². The molecular formula is C15H9BrClFN4O. The van der Waals surface area contributed by atoms with E-state index in [4.69, 9.17) is 11.6 Å². The molecule has 0 radical (unpaired) electrons. The summed E-state index contributed by atoms with van der Waals surface area (Å²) in [5, 5.41) is 6.77. The molecule has 5 nitrogen and oxygen atoms in total. The van der Waals surface area contributed by atoms with E-state index >= 15 is 0 Å². The lowest BCUT2D eigenvalue weighted by Crippen LogP contribution is -2.13. The Kier molecular flexibility index (Phi) is 4.40. The van der Waals surface area contributed by atoms with E-state index in [0.717, 1.165) is 4.47 Å². The molecule has 1 N–H and O–H groups in total. The maximum atomic E-state index is 14.1. The summed E-state index contributed by atoms with van der Waals surface area (Å²) in [7, 11) is 0. The lowest BCUT2D eigenvalue weighted by molar-refractivity contribution is 0.102. The molecule has 1 amide bonds. The minimum absolute atomic E-state index is 0.238. The zero-order chi connectivity index (χ0) is 16.4. The second-order valence-corrected chi connectivity index (χ2v) is 5.91. The third-order valence-corrected chi connectivity index (χ3v) is 3.85. The average Bonchev–Trinajstić information content (AvgIpc) is 3.01. The van der Waals surface area contributed by atoms with Gasteiger partial charge >= 0.3 is 0 Å². The third kappa shape index (κ3) is 3.40. The Morgan fingerprint density at radius 1 is 1.26 bits per heavy atom. The molecule has 1 heterocycles. The maximum absolute atomic E-state index is 14.1. The number of anilines is 1. The molecule has 1 aromatic heterocycles. The average molecular weight is 396 g/mol. The standard InChI is InChI=1S/C15H9BrClFN4O/c16-9-1-3-11(12(17)5-9)15(23)21-10-2-4-14(13(18)6-10)22-8-19-7-20-22/h1-8H,(H,21,23). The molecule has 0 saturated heterocycles. The van der Waals surface area contributed by atoms with E-state index in [0.29, 0.717) is 16.3 Å². The number of benzene rings is 2. The number of amides is 1. The summed E-state index contributed by atoms with van der Waals surface area (Å²) in [6.07, 6.45) is 2.70. The van der Waals surface area contributed by atoms with Crippen molar-refractivity contribution in [3.8, 4) is 5.69 Å². The number of hydrogen-bond donors (Lipinski definition) is 1. The highest BCUT2D eigenvalue weighted by Crippen LogP contribution is 2.23. The molecule has 116 valence electrons. The molecule has 0 unspecified atom stereocenters. The van der Waals surface area contributed by atoms with Crippen LogP contribution in [0.1, 0.15) is 10.4 Å². The maximum Gasteiger partial charge on any atom is 0.257 e. The van der Waals surface area contributed by atoms with Gasteiger partial charge in [-0.2, -0.15) is 5.10 Å². The number of hydrogen-bond acceptors (Lipinski definition) is 3. The van der Waals surface area contributed by atoms with Gasteiger partial charge in [-0.15, -0.1) is 0 Å². The SMILES string of the molecule is O=C(Nc1ccc(-n2cncn2)c(F)c1)c1ccc(Br)cc1Cl. The number of nitrogens with zero attached hydrogens (tertiary/aromatic N) is 3. The summed E-state index contributed by atoms with van der Waals surface area (Å²) >= 11 is 9.30. The first-order valence-electron chi connectivity index (χ1n) is 6.45. The van der Waals surface area contributed by atoms with Gasteiger partial charge in [0.05, 0.1) is 10.6 Å². The molecule has 0 atom stereocenters. The predicted molar refractivity (Wildman–Crippen MR) is 88.4 cm³/mol. The Morgan fingerprint density at radius 2 is 2.09 bits per heavy atom. The molecule has 0 saturated carbocycles. The summed E-state index contributed by atoms with van der Waals surface area (Å²) in [5.41, 5.74) is 0.855. The Hall–Kier alpha value is -2.25. The van der Waals surface area contributed by atoms with Crippen LogP contribution in [0.25, 0.3) is 5.69 Å². The summed E-state index contributed by atoms with van der Waals surface area (Å²) in [6, 6.07) is 9.19. The van der Waals surface area contributed by atoms with Crippen LogP contribution in [0.15, 0.2) is 53.5 Å². The van der Waals surface area contributed by atoms with Crippen molar-refractivity contribution >= 4 is 39.1 Å². The predicted octanol–water partition coefficient (Wildman–Crippen LogP) is 4.07. The van der Waals surface area contributed by atoms with Crippen LogP contribution in [0.5, 0.6) is 0 Å². The van der Waals surface area contributed by atoms with Gasteiger partial charge in [0.1, 0.15) is 18.3 Å². The van der Waals surface area contributed by atoms with Crippen LogP contribution in [0.2, 0.25) is 5.02 Å². The lowest BCUT2D eigenvalue weighted by atomic mass is 10.2. The fourth-order valence-corrected chi connectivity index (χ4v) is 2.73. The van der Waals surface area contributed by atoms with Crippen LogP contribution < -0.4 is 5.32 Å². The quantitative estimate of drug-likeness (QED) is 0.727. The Labute approximate surface area is 144 Å². The molecule has 8 heteroatoms. The second-order valence-electron chi connectivity index (χ2n) is 4.58. The van der Waals surface area contributed by atoms with E-state index in [1.165, 1.54) is 29.5 Å². The summed E-state index contributed by atoms with van der Waals surface area (Å²) in [6.45, 7) is 0. The highest BCUT2D eigenvalue weighted by Gasteiger charge is 2.13. The minimum atomic E-state index is -0.532. The van der Waals surface area contributed by atoms with Crippen LogP contribution in [0.3, 0.4) is 0 Å². The monoisotopic (exact) mass is 394 g/mol. The largest absolute Gasteiger partial charge is 0.322 e. The van der Waals surface area contributed by atoms with Crippen LogP contribution in [0, 0.1) is 5.82 Å². The fraction of sp³-hybridized carbons (Fsp3) is 0. The summed E-state index contributed by atoms with van der Waals surface area (Å²) in [5.74, 6) is -0.953. The lowest BCUT2D eigenvalue weighted by Gasteiger charge is -2.09. The minimum Gasteiger partial charge on any atom is -0.322 e. The highest BCUT2D eigenvalue weighted by molar-refractivity contribution is 9.10. The first kappa shape index (κ1) is 15.6. The smallest absolute Gasteiger partial charge is 0.257 e. The Balaban J connectivity index is 1.83. The van der Waals surface area contributed by atoms with Gasteiger partial charge < -0.3 is 5.32 Å².